The molecular formula is C23H24N2S2. The van der Waals surface area contributed by atoms with Crippen molar-refractivity contribution in [1.82, 2.24) is 0 Å². The second-order valence-corrected chi connectivity index (χ2v) is 8.48. The van der Waals surface area contributed by atoms with Crippen LogP contribution in [0.1, 0.15) is 16.7 Å². The van der Waals surface area contributed by atoms with E-state index in [1.54, 1.807) is 6.21 Å². The number of hydrogen-bond acceptors (Lipinski definition) is 4. The summed E-state index contributed by atoms with van der Waals surface area (Å²) in [5.41, 5.74) is 4.97. The molecular weight excluding hydrogens is 368 g/mol. The molecule has 0 fully saturated rings. The molecule has 0 saturated carbocycles. The summed E-state index contributed by atoms with van der Waals surface area (Å²) in [7, 11) is 0. The zero-order valence-corrected chi connectivity index (χ0v) is 17.4. The van der Waals surface area contributed by atoms with Crippen molar-refractivity contribution in [3.8, 4) is 0 Å². The number of aliphatic imine (C=N–C) groups is 2. The second kappa shape index (κ2) is 10.8. The highest BCUT2D eigenvalue weighted by atomic mass is 32.2. The molecule has 2 nitrogen and oxygen atoms in total. The van der Waals surface area contributed by atoms with Gasteiger partial charge in [0.25, 0.3) is 0 Å². The Balaban J connectivity index is 2.57. The lowest BCUT2D eigenvalue weighted by molar-refractivity contribution is 1.20. The first-order valence-corrected chi connectivity index (χ1v) is 10.2. The Morgan fingerprint density at radius 1 is 0.963 bits per heavy atom. The van der Waals surface area contributed by atoms with Gasteiger partial charge in [-0.05, 0) is 30.9 Å². The topological polar surface area (TPSA) is 24.7 Å². The molecule has 1 aromatic carbocycles. The van der Waals surface area contributed by atoms with Crippen LogP contribution in [0.15, 0.2) is 98.5 Å². The van der Waals surface area contributed by atoms with Crippen LogP contribution >= 0.6 is 23.5 Å². The smallest absolute Gasteiger partial charge is 0.0948 e. The van der Waals surface area contributed by atoms with E-state index in [4.69, 9.17) is 4.99 Å². The van der Waals surface area contributed by atoms with Crippen LogP contribution in [0, 0.1) is 13.8 Å². The maximum Gasteiger partial charge on any atom is 0.0948 e. The van der Waals surface area contributed by atoms with Gasteiger partial charge in [0.2, 0.25) is 0 Å². The Bertz CT molecular complexity index is 891. The highest BCUT2D eigenvalue weighted by molar-refractivity contribution is 8.25. The van der Waals surface area contributed by atoms with Crippen molar-refractivity contribution in [1.29, 1.82) is 0 Å². The minimum Gasteiger partial charge on any atom is -0.286 e. The Labute approximate surface area is 170 Å². The Hall–Kier alpha value is -2.30. The maximum absolute atomic E-state index is 4.72. The number of nitrogens with zero attached hydrogens (tertiary/aromatic N) is 2. The molecule has 4 heteroatoms. The average molecular weight is 393 g/mol. The van der Waals surface area contributed by atoms with Gasteiger partial charge in [0, 0.05) is 16.0 Å². The van der Waals surface area contributed by atoms with E-state index in [0.717, 1.165) is 32.2 Å². The van der Waals surface area contributed by atoms with Gasteiger partial charge in [-0.25, -0.2) is 4.99 Å². The van der Waals surface area contributed by atoms with E-state index >= 15 is 0 Å². The van der Waals surface area contributed by atoms with Gasteiger partial charge in [-0.1, -0.05) is 96.9 Å². The molecule has 0 aromatic heterocycles. The average Bonchev–Trinajstić information content (AvgIpc) is 2.60. The zero-order chi connectivity index (χ0) is 19.6. The van der Waals surface area contributed by atoms with Gasteiger partial charge in [-0.15, -0.1) is 0 Å². The fourth-order valence-corrected chi connectivity index (χ4v) is 3.65. The lowest BCUT2D eigenvalue weighted by Crippen LogP contribution is -2.04. The van der Waals surface area contributed by atoms with Crippen LogP contribution < -0.4 is 0 Å². The van der Waals surface area contributed by atoms with Gasteiger partial charge < -0.3 is 0 Å². The SMILES string of the molecule is C=C1/C=C\SC(=C)SC(=C)N=C(c2ccc(C)ccccc(C)c2)C=NC1. The molecule has 0 atom stereocenters. The van der Waals surface area contributed by atoms with E-state index < -0.39 is 0 Å². The predicted molar refractivity (Wildman–Crippen MR) is 125 cm³/mol. The number of aryl methyl sites for hydroxylation is 2. The van der Waals surface area contributed by atoms with E-state index in [1.807, 2.05) is 23.6 Å². The van der Waals surface area contributed by atoms with E-state index in [1.165, 1.54) is 23.5 Å². The first kappa shape index (κ1) is 21.0. The summed E-state index contributed by atoms with van der Waals surface area (Å²) in [6.07, 6.45) is 3.76. The fourth-order valence-electron chi connectivity index (χ4n) is 2.18. The third-order valence-corrected chi connectivity index (χ3v) is 5.15. The fraction of sp³-hybridized carbons (Fsp3) is 0.130. The predicted octanol–water partition coefficient (Wildman–Crippen LogP) is 6.78. The second-order valence-electron chi connectivity index (χ2n) is 6.05. The largest absolute Gasteiger partial charge is 0.286 e. The minimum atomic E-state index is 0.523. The number of rotatable bonds is 1. The molecule has 1 heterocycles. The van der Waals surface area contributed by atoms with E-state index in [-0.39, 0.29) is 0 Å². The normalized spacial score (nSPS) is 16.7. The van der Waals surface area contributed by atoms with Gasteiger partial charge in [0.15, 0.2) is 0 Å². The molecule has 0 amide bonds. The summed E-state index contributed by atoms with van der Waals surface area (Å²) >= 11 is 3.00. The highest BCUT2D eigenvalue weighted by Gasteiger charge is 2.05. The van der Waals surface area contributed by atoms with Crippen LogP contribution in [-0.4, -0.2) is 18.5 Å². The molecule has 0 N–H and O–H groups in total. The van der Waals surface area contributed by atoms with Crippen LogP contribution in [0.3, 0.4) is 0 Å². The third-order valence-electron chi connectivity index (χ3n) is 3.52. The van der Waals surface area contributed by atoms with Crippen molar-refractivity contribution in [2.75, 3.05) is 6.54 Å². The molecule has 1 aliphatic rings. The highest BCUT2D eigenvalue weighted by Crippen LogP contribution is 2.33. The Kier molecular flexibility index (Phi) is 8.37. The molecule has 138 valence electrons. The zero-order valence-electron chi connectivity index (χ0n) is 15.8. The van der Waals surface area contributed by atoms with E-state index in [0.29, 0.717) is 11.6 Å². The van der Waals surface area contributed by atoms with Crippen molar-refractivity contribution in [3.63, 3.8) is 0 Å². The molecule has 27 heavy (non-hydrogen) atoms. The first-order valence-electron chi connectivity index (χ1n) is 8.51. The monoisotopic (exact) mass is 392 g/mol. The summed E-state index contributed by atoms with van der Waals surface area (Å²) in [6, 6.07) is 14.5. The number of hydrogen-bond donors (Lipinski definition) is 0. The van der Waals surface area contributed by atoms with Crippen LogP contribution in [0.5, 0.6) is 0 Å². The van der Waals surface area contributed by atoms with Crippen molar-refractivity contribution >= 4 is 35.5 Å². The van der Waals surface area contributed by atoms with Crippen molar-refractivity contribution in [2.24, 2.45) is 9.98 Å². The van der Waals surface area contributed by atoms with E-state index in [9.17, 15) is 0 Å². The quantitative estimate of drug-likeness (QED) is 0.526. The lowest BCUT2D eigenvalue weighted by Gasteiger charge is -2.06. The molecule has 1 aliphatic heterocycles. The third kappa shape index (κ3) is 7.85. The van der Waals surface area contributed by atoms with Crippen LogP contribution in [0.2, 0.25) is 0 Å². The maximum atomic E-state index is 4.72. The van der Waals surface area contributed by atoms with Gasteiger partial charge in [-0.3, -0.25) is 4.99 Å². The summed E-state index contributed by atoms with van der Waals surface area (Å²) in [5, 5.41) is 2.65. The van der Waals surface area contributed by atoms with Crippen molar-refractivity contribution < 1.29 is 0 Å². The summed E-state index contributed by atoms with van der Waals surface area (Å²) < 4.78 is 0.917. The Morgan fingerprint density at radius 3 is 2.48 bits per heavy atom. The van der Waals surface area contributed by atoms with E-state index in [2.05, 4.69) is 68.9 Å². The molecule has 0 saturated heterocycles. The molecule has 0 aliphatic carbocycles. The summed E-state index contributed by atoms with van der Waals surface area (Å²) in [4.78, 5) is 9.24. The molecule has 0 bridgehead atoms. The lowest BCUT2D eigenvalue weighted by atomic mass is 10.1. The molecule has 0 radical (unpaired) electrons. The molecule has 1 aromatic rings. The van der Waals surface area contributed by atoms with Crippen LogP contribution in [0.4, 0.5) is 0 Å². The minimum absolute atomic E-state index is 0.523. The molecule has 0 unspecified atom stereocenters. The van der Waals surface area contributed by atoms with Gasteiger partial charge in [-0.2, -0.15) is 0 Å². The number of thioether (sulfide) groups is 2. The van der Waals surface area contributed by atoms with Gasteiger partial charge >= 0.3 is 0 Å². The Morgan fingerprint density at radius 2 is 1.70 bits per heavy atom. The molecule has 2 rings (SSSR count). The van der Waals surface area contributed by atoms with Crippen LogP contribution in [-0.2, 0) is 0 Å². The van der Waals surface area contributed by atoms with Crippen LogP contribution in [0.25, 0.3) is 0 Å². The van der Waals surface area contributed by atoms with Crippen molar-refractivity contribution in [2.45, 2.75) is 13.8 Å². The molecule has 0 spiro atoms. The first-order chi connectivity index (χ1) is 12.9. The van der Waals surface area contributed by atoms with Gasteiger partial charge in [0.05, 0.1) is 17.3 Å². The summed E-state index contributed by atoms with van der Waals surface area (Å²) in [6.45, 7) is 16.8. The van der Waals surface area contributed by atoms with Gasteiger partial charge in [0.1, 0.15) is 0 Å². The standard InChI is InChI=1S/C23H24N2S2/c1-17-8-6-7-9-18(2)14-22(11-10-17)23-16-24-15-19(3)12-13-26-21(5)27-20(4)25-23/h6-14,16H,3-5,15H2,1-2H3/b7-6?,8-6?,9-7?,11-10?,13-12-,17-8?,17-10?,18-9?,18-14?,22-11?,22-14?,24-16?,25-23?. The van der Waals surface area contributed by atoms with Crippen molar-refractivity contribution in [3.05, 3.63) is 105 Å². The summed E-state index contributed by atoms with van der Waals surface area (Å²) in [5.74, 6) is 0.